The van der Waals surface area contributed by atoms with E-state index in [4.69, 9.17) is 0 Å². The number of hydrogen-bond donors (Lipinski definition) is 1. The van der Waals surface area contributed by atoms with Gasteiger partial charge in [0.2, 0.25) is 5.91 Å². The monoisotopic (exact) mass is 251 g/mol. The third-order valence-electron chi connectivity index (χ3n) is 2.50. The number of rotatable bonds is 5. The molecule has 6 nitrogen and oxygen atoms in total. The highest BCUT2D eigenvalue weighted by atomic mass is 16.2. The molecule has 0 saturated carbocycles. The van der Waals surface area contributed by atoms with Gasteiger partial charge < -0.3 is 4.90 Å². The minimum Gasteiger partial charge on any atom is -0.318 e. The van der Waals surface area contributed by atoms with E-state index in [2.05, 4.69) is 11.6 Å². The number of aryl methyl sites for hydroxylation is 1. The molecule has 1 rings (SSSR count). The van der Waals surface area contributed by atoms with Crippen molar-refractivity contribution in [1.29, 1.82) is 0 Å². The normalized spacial score (nSPS) is 10.1. The minimum atomic E-state index is -0.584. The number of nitrogens with one attached hydrogen (secondary N) is 1. The lowest BCUT2D eigenvalue weighted by atomic mass is 10.3. The van der Waals surface area contributed by atoms with E-state index in [9.17, 15) is 14.4 Å². The molecule has 0 aliphatic carbocycles. The average molecular weight is 251 g/mol. The van der Waals surface area contributed by atoms with E-state index < -0.39 is 11.2 Å². The van der Waals surface area contributed by atoms with E-state index in [-0.39, 0.29) is 12.5 Å². The van der Waals surface area contributed by atoms with Gasteiger partial charge in [0.15, 0.2) is 0 Å². The van der Waals surface area contributed by atoms with Gasteiger partial charge in [-0.2, -0.15) is 0 Å². The number of amides is 1. The van der Waals surface area contributed by atoms with Crippen LogP contribution < -0.4 is 11.2 Å². The van der Waals surface area contributed by atoms with Crippen LogP contribution in [0.5, 0.6) is 0 Å². The van der Waals surface area contributed by atoms with Crippen LogP contribution in [0.4, 0.5) is 0 Å². The number of aromatic amines is 1. The minimum absolute atomic E-state index is 0.109. The highest BCUT2D eigenvalue weighted by Gasteiger charge is 2.11. The first-order valence-corrected chi connectivity index (χ1v) is 5.72. The van der Waals surface area contributed by atoms with Crippen molar-refractivity contribution in [3.63, 3.8) is 0 Å². The van der Waals surface area contributed by atoms with Crippen molar-refractivity contribution in [2.45, 2.75) is 26.8 Å². The standard InChI is InChI=1S/C12H17N3O3/c1-4-6-14(5-2)10(16)8-15-7-9(3)11(17)13-12(15)18/h5,7H,2,4,6,8H2,1,3H3,(H,13,17,18). The zero-order valence-corrected chi connectivity index (χ0v) is 10.6. The Labute approximate surface area is 105 Å². The Kier molecular flexibility index (Phi) is 4.65. The Morgan fingerprint density at radius 1 is 1.56 bits per heavy atom. The van der Waals surface area contributed by atoms with Gasteiger partial charge in [0.05, 0.1) is 0 Å². The molecule has 18 heavy (non-hydrogen) atoms. The van der Waals surface area contributed by atoms with Gasteiger partial charge in [0.25, 0.3) is 5.56 Å². The van der Waals surface area contributed by atoms with Gasteiger partial charge in [0, 0.05) is 18.3 Å². The molecule has 1 aromatic heterocycles. The molecule has 0 fully saturated rings. The molecule has 0 bridgehead atoms. The summed E-state index contributed by atoms with van der Waals surface area (Å²) in [7, 11) is 0. The van der Waals surface area contributed by atoms with Crippen molar-refractivity contribution in [2.24, 2.45) is 0 Å². The van der Waals surface area contributed by atoms with E-state index in [0.717, 1.165) is 6.42 Å². The Hall–Kier alpha value is -2.11. The number of aromatic nitrogens is 2. The van der Waals surface area contributed by atoms with E-state index in [1.54, 1.807) is 6.92 Å². The summed E-state index contributed by atoms with van der Waals surface area (Å²) < 4.78 is 1.19. The maximum Gasteiger partial charge on any atom is 0.328 e. The molecule has 0 radical (unpaired) electrons. The Morgan fingerprint density at radius 2 is 2.22 bits per heavy atom. The van der Waals surface area contributed by atoms with Crippen molar-refractivity contribution in [3.05, 3.63) is 45.4 Å². The SMILES string of the molecule is C=CN(CCC)C(=O)Cn1cc(C)c(=O)[nH]c1=O. The van der Waals surface area contributed by atoms with Crippen molar-refractivity contribution in [3.8, 4) is 0 Å². The van der Waals surface area contributed by atoms with E-state index in [1.807, 2.05) is 6.92 Å². The third-order valence-corrected chi connectivity index (χ3v) is 2.50. The van der Waals surface area contributed by atoms with Gasteiger partial charge in [0.1, 0.15) is 6.54 Å². The zero-order chi connectivity index (χ0) is 13.7. The molecule has 98 valence electrons. The second-order valence-corrected chi connectivity index (χ2v) is 3.97. The average Bonchev–Trinajstić information content (AvgIpc) is 2.32. The van der Waals surface area contributed by atoms with E-state index >= 15 is 0 Å². The quantitative estimate of drug-likeness (QED) is 0.813. The number of H-pyrrole nitrogens is 1. The second kappa shape index (κ2) is 6.00. The first kappa shape index (κ1) is 14.0. The summed E-state index contributed by atoms with van der Waals surface area (Å²) in [4.78, 5) is 38.2. The van der Waals surface area contributed by atoms with Crippen LogP contribution in [0.1, 0.15) is 18.9 Å². The van der Waals surface area contributed by atoms with Gasteiger partial charge in [-0.15, -0.1) is 0 Å². The molecule has 0 saturated heterocycles. The fourth-order valence-electron chi connectivity index (χ4n) is 1.53. The highest BCUT2D eigenvalue weighted by molar-refractivity contribution is 5.76. The number of hydrogen-bond acceptors (Lipinski definition) is 3. The second-order valence-electron chi connectivity index (χ2n) is 3.97. The molecule has 0 atom stereocenters. The maximum absolute atomic E-state index is 11.9. The van der Waals surface area contributed by atoms with Crippen LogP contribution in [0.2, 0.25) is 0 Å². The summed E-state index contributed by atoms with van der Waals surface area (Å²) in [5.74, 6) is -0.236. The summed E-state index contributed by atoms with van der Waals surface area (Å²) in [5.41, 5.74) is -0.625. The summed E-state index contributed by atoms with van der Waals surface area (Å²) in [6.07, 6.45) is 3.62. The van der Waals surface area contributed by atoms with Gasteiger partial charge in [-0.05, 0) is 19.5 Å². The number of carbonyl (C=O) groups excluding carboxylic acids is 1. The molecule has 0 spiro atoms. The van der Waals surface area contributed by atoms with Crippen molar-refractivity contribution >= 4 is 5.91 Å². The topological polar surface area (TPSA) is 75.2 Å². The molecule has 0 aromatic carbocycles. The molecule has 6 heteroatoms. The fourth-order valence-corrected chi connectivity index (χ4v) is 1.53. The van der Waals surface area contributed by atoms with Crippen molar-refractivity contribution in [2.75, 3.05) is 6.54 Å². The summed E-state index contributed by atoms with van der Waals surface area (Å²) in [5, 5.41) is 0. The Bertz CT molecular complexity index is 556. The summed E-state index contributed by atoms with van der Waals surface area (Å²) >= 11 is 0. The maximum atomic E-state index is 11.9. The number of nitrogens with zero attached hydrogens (tertiary/aromatic N) is 2. The van der Waals surface area contributed by atoms with Gasteiger partial charge in [-0.3, -0.25) is 19.1 Å². The van der Waals surface area contributed by atoms with Crippen LogP contribution in [0.3, 0.4) is 0 Å². The Balaban J connectivity index is 2.94. The molecular formula is C12H17N3O3. The smallest absolute Gasteiger partial charge is 0.318 e. The molecule has 1 heterocycles. The summed E-state index contributed by atoms with van der Waals surface area (Å²) in [6, 6.07) is 0. The molecule has 1 aromatic rings. The first-order chi connectivity index (χ1) is 8.49. The van der Waals surface area contributed by atoms with Crippen LogP contribution >= 0.6 is 0 Å². The molecule has 1 amide bonds. The third kappa shape index (κ3) is 3.19. The van der Waals surface area contributed by atoms with Crippen LogP contribution in [0, 0.1) is 6.92 Å². The number of carbonyl (C=O) groups is 1. The van der Waals surface area contributed by atoms with Crippen molar-refractivity contribution in [1.82, 2.24) is 14.5 Å². The van der Waals surface area contributed by atoms with Crippen LogP contribution in [-0.2, 0) is 11.3 Å². The lowest BCUT2D eigenvalue weighted by Gasteiger charge is -2.17. The predicted molar refractivity (Wildman–Crippen MR) is 68.3 cm³/mol. The highest BCUT2D eigenvalue weighted by Crippen LogP contribution is 1.95. The molecule has 0 unspecified atom stereocenters. The fraction of sp³-hybridized carbons (Fsp3) is 0.417. The molecule has 0 aliphatic heterocycles. The van der Waals surface area contributed by atoms with Gasteiger partial charge >= 0.3 is 5.69 Å². The largest absolute Gasteiger partial charge is 0.328 e. The lowest BCUT2D eigenvalue weighted by molar-refractivity contribution is -0.129. The van der Waals surface area contributed by atoms with Crippen molar-refractivity contribution < 1.29 is 4.79 Å². The zero-order valence-electron chi connectivity index (χ0n) is 10.6. The molecular weight excluding hydrogens is 234 g/mol. The molecule has 1 N–H and O–H groups in total. The molecule has 0 aliphatic rings. The summed E-state index contributed by atoms with van der Waals surface area (Å²) in [6.45, 7) is 7.53. The van der Waals surface area contributed by atoms with E-state index in [1.165, 1.54) is 21.9 Å². The van der Waals surface area contributed by atoms with Gasteiger partial charge in [-0.25, -0.2) is 4.79 Å². The van der Waals surface area contributed by atoms with Crippen LogP contribution in [-0.4, -0.2) is 26.9 Å². The Morgan fingerprint density at radius 3 is 2.78 bits per heavy atom. The van der Waals surface area contributed by atoms with Crippen LogP contribution in [0.15, 0.2) is 28.6 Å². The van der Waals surface area contributed by atoms with Gasteiger partial charge in [-0.1, -0.05) is 13.5 Å². The van der Waals surface area contributed by atoms with Crippen LogP contribution in [0.25, 0.3) is 0 Å². The first-order valence-electron chi connectivity index (χ1n) is 5.72. The predicted octanol–water partition coefficient (Wildman–Crippen LogP) is 0.227. The lowest BCUT2D eigenvalue weighted by Crippen LogP contribution is -2.37. The van der Waals surface area contributed by atoms with E-state index in [0.29, 0.717) is 12.1 Å².